The number of thiocarbonyl (C=S) groups is 1. The molecule has 0 aromatic heterocycles. The largest absolute Gasteiger partial charge is 0.496 e. The maximum atomic E-state index is 12.9. The van der Waals surface area contributed by atoms with Crippen molar-refractivity contribution < 1.29 is 17.9 Å². The molecule has 0 amide bonds. The molecule has 11 heteroatoms. The van der Waals surface area contributed by atoms with Crippen LogP contribution in [0.4, 0.5) is 5.69 Å². The quantitative estimate of drug-likeness (QED) is 0.346. The number of nitrogens with zero attached hydrogens (tertiary/aromatic N) is 2. The molecule has 2 aromatic rings. The fourth-order valence-corrected chi connectivity index (χ4v) is 4.70. The highest BCUT2D eigenvalue weighted by molar-refractivity contribution is 7.89. The number of anilines is 1. The van der Waals surface area contributed by atoms with Crippen LogP contribution < -0.4 is 15.5 Å². The van der Waals surface area contributed by atoms with Gasteiger partial charge in [0.1, 0.15) is 5.75 Å². The van der Waals surface area contributed by atoms with Gasteiger partial charge < -0.3 is 14.8 Å². The Balaban J connectivity index is 1.61. The minimum Gasteiger partial charge on any atom is -0.496 e. The van der Waals surface area contributed by atoms with Crippen LogP contribution in [0.2, 0.25) is 5.02 Å². The lowest BCUT2D eigenvalue weighted by atomic mass is 10.2. The number of halogens is 1. The number of benzene rings is 2. The summed E-state index contributed by atoms with van der Waals surface area (Å²) in [5.41, 5.74) is 3.94. The molecule has 0 unspecified atom stereocenters. The first kappa shape index (κ1) is 24.1. The first-order valence-electron chi connectivity index (χ1n) is 9.69. The Morgan fingerprint density at radius 1 is 1.25 bits per heavy atom. The smallest absolute Gasteiger partial charge is 0.243 e. The summed E-state index contributed by atoms with van der Waals surface area (Å²) in [6.07, 6.45) is 5.11. The molecule has 2 aromatic carbocycles. The van der Waals surface area contributed by atoms with Gasteiger partial charge in [-0.05, 0) is 48.6 Å². The van der Waals surface area contributed by atoms with Gasteiger partial charge in [-0.15, -0.1) is 0 Å². The molecule has 2 N–H and O–H groups in total. The Kier molecular flexibility index (Phi) is 8.60. The molecular formula is C21H23ClN4O4S2. The number of para-hydroxylation sites is 1. The molecule has 1 heterocycles. The highest BCUT2D eigenvalue weighted by Gasteiger charge is 2.26. The molecule has 0 bridgehead atoms. The fourth-order valence-electron chi connectivity index (χ4n) is 2.94. The van der Waals surface area contributed by atoms with E-state index in [-0.39, 0.29) is 10.0 Å². The lowest BCUT2D eigenvalue weighted by Gasteiger charge is -2.26. The lowest BCUT2D eigenvalue weighted by molar-refractivity contribution is 0.0730. The predicted octanol–water partition coefficient (Wildman–Crippen LogP) is 3.36. The van der Waals surface area contributed by atoms with E-state index < -0.39 is 10.0 Å². The van der Waals surface area contributed by atoms with Crippen LogP contribution in [0.1, 0.15) is 5.56 Å². The van der Waals surface area contributed by atoms with Gasteiger partial charge in [0.15, 0.2) is 5.11 Å². The molecule has 1 aliphatic rings. The number of rotatable bonds is 7. The molecular weight excluding hydrogens is 472 g/mol. The third-order valence-electron chi connectivity index (χ3n) is 4.54. The van der Waals surface area contributed by atoms with Crippen LogP contribution >= 0.6 is 23.8 Å². The number of methoxy groups -OCH3 is 1. The Morgan fingerprint density at radius 3 is 2.75 bits per heavy atom. The van der Waals surface area contributed by atoms with Gasteiger partial charge in [-0.3, -0.25) is 5.43 Å². The lowest BCUT2D eigenvalue weighted by Crippen LogP contribution is -2.40. The molecule has 0 aliphatic carbocycles. The Morgan fingerprint density at radius 2 is 2.00 bits per heavy atom. The van der Waals surface area contributed by atoms with Crippen molar-refractivity contribution in [3.63, 3.8) is 0 Å². The normalized spacial score (nSPS) is 15.2. The number of nitrogens with one attached hydrogen (secondary N) is 2. The van der Waals surface area contributed by atoms with Crippen LogP contribution in [-0.4, -0.2) is 57.5 Å². The number of allylic oxidation sites excluding steroid dienone is 1. The van der Waals surface area contributed by atoms with Gasteiger partial charge in [-0.2, -0.15) is 9.41 Å². The van der Waals surface area contributed by atoms with Crippen molar-refractivity contribution in [3.05, 3.63) is 59.1 Å². The van der Waals surface area contributed by atoms with E-state index in [2.05, 4.69) is 15.8 Å². The van der Waals surface area contributed by atoms with Crippen LogP contribution in [0.15, 0.2) is 58.5 Å². The molecule has 170 valence electrons. The zero-order valence-electron chi connectivity index (χ0n) is 17.3. The number of morpholine rings is 1. The van der Waals surface area contributed by atoms with Crippen molar-refractivity contribution in [2.75, 3.05) is 38.7 Å². The van der Waals surface area contributed by atoms with E-state index in [1.807, 2.05) is 30.3 Å². The maximum Gasteiger partial charge on any atom is 0.243 e. The van der Waals surface area contributed by atoms with Crippen molar-refractivity contribution in [1.82, 2.24) is 9.73 Å². The minimum atomic E-state index is -3.65. The summed E-state index contributed by atoms with van der Waals surface area (Å²) in [7, 11) is -2.04. The predicted molar refractivity (Wildman–Crippen MR) is 131 cm³/mol. The van der Waals surface area contributed by atoms with Crippen LogP contribution in [0.3, 0.4) is 0 Å². The first-order valence-corrected chi connectivity index (χ1v) is 11.9. The first-order chi connectivity index (χ1) is 15.4. The number of hydrogen-bond donors (Lipinski definition) is 2. The molecule has 1 aliphatic heterocycles. The number of sulfonamides is 1. The van der Waals surface area contributed by atoms with Crippen molar-refractivity contribution >= 4 is 56.9 Å². The zero-order valence-corrected chi connectivity index (χ0v) is 19.7. The molecule has 3 rings (SSSR count). The van der Waals surface area contributed by atoms with Gasteiger partial charge in [0.25, 0.3) is 0 Å². The molecule has 0 spiro atoms. The van der Waals surface area contributed by atoms with Gasteiger partial charge >= 0.3 is 0 Å². The minimum absolute atomic E-state index is 0.123. The fraction of sp³-hybridized carbons (Fsp3) is 0.238. The average Bonchev–Trinajstić information content (AvgIpc) is 2.81. The van der Waals surface area contributed by atoms with E-state index >= 15 is 0 Å². The summed E-state index contributed by atoms with van der Waals surface area (Å²) in [5, 5.41) is 7.39. The van der Waals surface area contributed by atoms with Crippen molar-refractivity contribution in [3.8, 4) is 5.75 Å². The monoisotopic (exact) mass is 494 g/mol. The van der Waals surface area contributed by atoms with E-state index in [9.17, 15) is 8.42 Å². The zero-order chi connectivity index (χ0) is 23.0. The summed E-state index contributed by atoms with van der Waals surface area (Å²) in [6.45, 7) is 1.36. The topological polar surface area (TPSA) is 92.3 Å². The maximum absolute atomic E-state index is 12.9. The molecule has 0 radical (unpaired) electrons. The van der Waals surface area contributed by atoms with Gasteiger partial charge in [0.2, 0.25) is 10.0 Å². The number of hydrogen-bond acceptors (Lipinski definition) is 6. The van der Waals surface area contributed by atoms with Crippen molar-refractivity contribution in [1.29, 1.82) is 0 Å². The Labute approximate surface area is 197 Å². The van der Waals surface area contributed by atoms with Crippen LogP contribution in [-0.2, 0) is 14.8 Å². The van der Waals surface area contributed by atoms with Crippen molar-refractivity contribution in [2.45, 2.75) is 4.90 Å². The summed E-state index contributed by atoms with van der Waals surface area (Å²) in [4.78, 5) is 0.123. The van der Waals surface area contributed by atoms with E-state index in [0.717, 1.165) is 11.3 Å². The molecule has 0 saturated carbocycles. The molecule has 0 atom stereocenters. The SMILES string of the molecule is COc1ccccc1/C=C/C=N/NC(=S)Nc1cc(S(=O)(=O)N2CCOCC2)ccc1Cl. The number of hydrazone groups is 1. The van der Waals surface area contributed by atoms with Gasteiger partial charge in [0, 0.05) is 24.9 Å². The van der Waals surface area contributed by atoms with Crippen LogP contribution in [0.5, 0.6) is 5.75 Å². The van der Waals surface area contributed by atoms with Gasteiger partial charge in [-0.1, -0.05) is 29.8 Å². The Bertz CT molecular complexity index is 1120. The van der Waals surface area contributed by atoms with Crippen molar-refractivity contribution in [2.24, 2.45) is 5.10 Å². The third kappa shape index (κ3) is 6.27. The van der Waals surface area contributed by atoms with Gasteiger partial charge in [-0.25, -0.2) is 8.42 Å². The van der Waals surface area contributed by atoms with E-state index in [4.69, 9.17) is 33.3 Å². The second-order valence-electron chi connectivity index (χ2n) is 6.60. The van der Waals surface area contributed by atoms with Gasteiger partial charge in [0.05, 0.1) is 35.9 Å². The van der Waals surface area contributed by atoms with E-state index in [1.165, 1.54) is 28.7 Å². The highest BCUT2D eigenvalue weighted by atomic mass is 35.5. The summed E-state index contributed by atoms with van der Waals surface area (Å²) >= 11 is 11.4. The second-order valence-corrected chi connectivity index (χ2v) is 9.36. The highest BCUT2D eigenvalue weighted by Crippen LogP contribution is 2.27. The average molecular weight is 495 g/mol. The molecule has 1 saturated heterocycles. The molecule has 1 fully saturated rings. The third-order valence-corrected chi connectivity index (χ3v) is 6.95. The molecule has 32 heavy (non-hydrogen) atoms. The standard InChI is InChI=1S/C21H23ClN4O4S2/c1-29-20-7-3-2-5-16(20)6-4-10-23-25-21(31)24-19-15-17(8-9-18(19)22)32(27,28)26-11-13-30-14-12-26/h2-10,15H,11-14H2,1H3,(H2,24,25,31)/b6-4+,23-10+. The Hall–Kier alpha value is -2.50. The molecule has 8 nitrogen and oxygen atoms in total. The second kappa shape index (κ2) is 11.4. The van der Waals surface area contributed by atoms with E-state index in [1.54, 1.807) is 13.2 Å². The van der Waals surface area contributed by atoms with E-state index in [0.29, 0.717) is 37.0 Å². The van der Waals surface area contributed by atoms with Crippen LogP contribution in [0, 0.1) is 0 Å². The summed E-state index contributed by atoms with van der Waals surface area (Å²) < 4.78 is 37.6. The van der Waals surface area contributed by atoms with Crippen LogP contribution in [0.25, 0.3) is 6.08 Å². The number of ether oxygens (including phenoxy) is 2. The summed E-state index contributed by atoms with van der Waals surface area (Å²) in [6, 6.07) is 12.0. The summed E-state index contributed by atoms with van der Waals surface area (Å²) in [5.74, 6) is 0.754.